The van der Waals surface area contributed by atoms with Gasteiger partial charge < -0.3 is 10.1 Å². The number of nitrogens with zero attached hydrogens (tertiary/aromatic N) is 1. The van der Waals surface area contributed by atoms with Crippen molar-refractivity contribution in [3.63, 3.8) is 0 Å². The highest BCUT2D eigenvalue weighted by molar-refractivity contribution is 5.29. The van der Waals surface area contributed by atoms with Crippen molar-refractivity contribution in [2.75, 3.05) is 32.7 Å². The first-order valence-electron chi connectivity index (χ1n) is 7.30. The Morgan fingerprint density at radius 3 is 2.68 bits per heavy atom. The lowest BCUT2D eigenvalue weighted by Crippen LogP contribution is -2.50. The Morgan fingerprint density at radius 1 is 1.26 bits per heavy atom. The van der Waals surface area contributed by atoms with Gasteiger partial charge in [0, 0.05) is 32.7 Å². The van der Waals surface area contributed by atoms with Gasteiger partial charge in [0.1, 0.15) is 11.4 Å². The third-order valence-electron chi connectivity index (χ3n) is 3.51. The first kappa shape index (κ1) is 14.4. The van der Waals surface area contributed by atoms with Crippen LogP contribution in [0.1, 0.15) is 26.3 Å². The number of benzene rings is 1. The molecule has 0 spiro atoms. The van der Waals surface area contributed by atoms with Crippen molar-refractivity contribution >= 4 is 0 Å². The molecular weight excluding hydrogens is 236 g/mol. The number of hydrogen-bond acceptors (Lipinski definition) is 3. The van der Waals surface area contributed by atoms with Crippen molar-refractivity contribution in [1.82, 2.24) is 10.2 Å². The first-order chi connectivity index (χ1) is 9.09. The molecule has 1 aromatic rings. The molecule has 0 aliphatic carbocycles. The SMILES string of the molecule is CCc1cccc(OC(C)(C)CN2CCNCC2)c1. The van der Waals surface area contributed by atoms with Gasteiger partial charge in [-0.15, -0.1) is 0 Å². The third kappa shape index (κ3) is 4.51. The second kappa shape index (κ2) is 6.40. The normalized spacial score (nSPS) is 17.4. The van der Waals surface area contributed by atoms with E-state index < -0.39 is 0 Å². The fraction of sp³-hybridized carbons (Fsp3) is 0.625. The van der Waals surface area contributed by atoms with E-state index in [2.05, 4.69) is 55.3 Å². The molecule has 0 atom stereocenters. The molecule has 3 nitrogen and oxygen atoms in total. The van der Waals surface area contributed by atoms with Crippen LogP contribution in [-0.4, -0.2) is 43.2 Å². The van der Waals surface area contributed by atoms with E-state index in [4.69, 9.17) is 4.74 Å². The summed E-state index contributed by atoms with van der Waals surface area (Å²) in [6.45, 7) is 11.9. The van der Waals surface area contributed by atoms with Crippen molar-refractivity contribution < 1.29 is 4.74 Å². The van der Waals surface area contributed by atoms with Crippen LogP contribution in [0.2, 0.25) is 0 Å². The van der Waals surface area contributed by atoms with Gasteiger partial charge in [-0.3, -0.25) is 4.90 Å². The Balaban J connectivity index is 1.94. The number of ether oxygens (including phenoxy) is 1. The lowest BCUT2D eigenvalue weighted by atomic mass is 10.1. The van der Waals surface area contributed by atoms with Gasteiger partial charge in [0.05, 0.1) is 0 Å². The van der Waals surface area contributed by atoms with Gasteiger partial charge >= 0.3 is 0 Å². The zero-order valence-electron chi connectivity index (χ0n) is 12.4. The number of aryl methyl sites for hydroxylation is 1. The highest BCUT2D eigenvalue weighted by Crippen LogP contribution is 2.21. The van der Waals surface area contributed by atoms with Crippen LogP contribution in [0, 0.1) is 0 Å². The van der Waals surface area contributed by atoms with E-state index in [0.717, 1.165) is 44.9 Å². The maximum Gasteiger partial charge on any atom is 0.120 e. The minimum atomic E-state index is -0.149. The zero-order chi connectivity index (χ0) is 13.7. The summed E-state index contributed by atoms with van der Waals surface area (Å²) >= 11 is 0. The maximum absolute atomic E-state index is 6.18. The molecule has 1 fully saturated rings. The summed E-state index contributed by atoms with van der Waals surface area (Å²) in [5.41, 5.74) is 1.18. The lowest BCUT2D eigenvalue weighted by molar-refractivity contribution is 0.0547. The molecule has 0 bridgehead atoms. The Morgan fingerprint density at radius 2 is 2.00 bits per heavy atom. The van der Waals surface area contributed by atoms with Gasteiger partial charge in [0.25, 0.3) is 0 Å². The molecular formula is C16H26N2O. The molecule has 1 saturated heterocycles. The largest absolute Gasteiger partial charge is 0.487 e. The molecule has 0 unspecified atom stereocenters. The summed E-state index contributed by atoms with van der Waals surface area (Å²) in [5, 5.41) is 3.38. The van der Waals surface area contributed by atoms with Gasteiger partial charge in [-0.05, 0) is 38.0 Å². The van der Waals surface area contributed by atoms with Crippen LogP contribution in [0.15, 0.2) is 24.3 Å². The fourth-order valence-corrected chi connectivity index (χ4v) is 2.59. The Hall–Kier alpha value is -1.06. The van der Waals surface area contributed by atoms with Crippen LogP contribution in [-0.2, 0) is 6.42 Å². The van der Waals surface area contributed by atoms with Crippen LogP contribution in [0.25, 0.3) is 0 Å². The van der Waals surface area contributed by atoms with Crippen molar-refractivity contribution in [2.45, 2.75) is 32.8 Å². The molecule has 2 rings (SSSR count). The minimum Gasteiger partial charge on any atom is -0.487 e. The maximum atomic E-state index is 6.18. The molecule has 3 heteroatoms. The monoisotopic (exact) mass is 262 g/mol. The minimum absolute atomic E-state index is 0.149. The van der Waals surface area contributed by atoms with Crippen LogP contribution >= 0.6 is 0 Å². The molecule has 1 N–H and O–H groups in total. The van der Waals surface area contributed by atoms with E-state index in [9.17, 15) is 0 Å². The Bertz CT molecular complexity index is 397. The molecule has 0 amide bonds. The number of rotatable bonds is 5. The van der Waals surface area contributed by atoms with E-state index in [0.29, 0.717) is 0 Å². The van der Waals surface area contributed by atoms with Gasteiger partial charge in [-0.1, -0.05) is 19.1 Å². The fourth-order valence-electron chi connectivity index (χ4n) is 2.59. The summed E-state index contributed by atoms with van der Waals surface area (Å²) < 4.78 is 6.18. The average Bonchev–Trinajstić information content (AvgIpc) is 2.39. The second-order valence-electron chi connectivity index (χ2n) is 5.89. The Labute approximate surface area is 116 Å². The third-order valence-corrected chi connectivity index (χ3v) is 3.51. The molecule has 1 heterocycles. The Kier molecular flexibility index (Phi) is 4.83. The van der Waals surface area contributed by atoms with E-state index in [-0.39, 0.29) is 5.60 Å². The molecule has 0 aromatic heterocycles. The topological polar surface area (TPSA) is 24.5 Å². The highest BCUT2D eigenvalue weighted by atomic mass is 16.5. The predicted molar refractivity (Wildman–Crippen MR) is 79.8 cm³/mol. The van der Waals surface area contributed by atoms with Gasteiger partial charge in [-0.2, -0.15) is 0 Å². The molecule has 1 aromatic carbocycles. The predicted octanol–water partition coefficient (Wildman–Crippen LogP) is 2.31. The lowest BCUT2D eigenvalue weighted by Gasteiger charge is -2.35. The van der Waals surface area contributed by atoms with E-state index in [1.54, 1.807) is 0 Å². The van der Waals surface area contributed by atoms with Crippen molar-refractivity contribution in [3.8, 4) is 5.75 Å². The summed E-state index contributed by atoms with van der Waals surface area (Å²) in [4.78, 5) is 2.47. The van der Waals surface area contributed by atoms with Gasteiger partial charge in [0.15, 0.2) is 0 Å². The molecule has 1 aliphatic rings. The standard InChI is InChI=1S/C16H26N2O/c1-4-14-6-5-7-15(12-14)19-16(2,3)13-18-10-8-17-9-11-18/h5-7,12,17H,4,8-11,13H2,1-3H3. The summed E-state index contributed by atoms with van der Waals surface area (Å²) in [7, 11) is 0. The van der Waals surface area contributed by atoms with Crippen LogP contribution in [0.3, 0.4) is 0 Å². The number of nitrogens with one attached hydrogen (secondary N) is 1. The van der Waals surface area contributed by atoms with E-state index >= 15 is 0 Å². The van der Waals surface area contributed by atoms with Crippen LogP contribution in [0.4, 0.5) is 0 Å². The smallest absolute Gasteiger partial charge is 0.120 e. The van der Waals surface area contributed by atoms with Crippen LogP contribution < -0.4 is 10.1 Å². The average molecular weight is 262 g/mol. The first-order valence-corrected chi connectivity index (χ1v) is 7.30. The van der Waals surface area contributed by atoms with Crippen molar-refractivity contribution in [3.05, 3.63) is 29.8 Å². The van der Waals surface area contributed by atoms with Crippen molar-refractivity contribution in [2.24, 2.45) is 0 Å². The molecule has 19 heavy (non-hydrogen) atoms. The van der Waals surface area contributed by atoms with Gasteiger partial charge in [-0.25, -0.2) is 0 Å². The molecule has 0 saturated carbocycles. The van der Waals surface area contributed by atoms with Gasteiger partial charge in [0.2, 0.25) is 0 Å². The summed E-state index contributed by atoms with van der Waals surface area (Å²) in [6.07, 6.45) is 1.05. The second-order valence-corrected chi connectivity index (χ2v) is 5.89. The van der Waals surface area contributed by atoms with Crippen LogP contribution in [0.5, 0.6) is 5.75 Å². The zero-order valence-corrected chi connectivity index (χ0v) is 12.4. The van der Waals surface area contributed by atoms with E-state index in [1.165, 1.54) is 5.56 Å². The number of hydrogen-bond donors (Lipinski definition) is 1. The van der Waals surface area contributed by atoms with Crippen molar-refractivity contribution in [1.29, 1.82) is 0 Å². The quantitative estimate of drug-likeness (QED) is 0.881. The number of piperazine rings is 1. The summed E-state index contributed by atoms with van der Waals surface area (Å²) in [5.74, 6) is 0.986. The highest BCUT2D eigenvalue weighted by Gasteiger charge is 2.24. The summed E-state index contributed by atoms with van der Waals surface area (Å²) in [6, 6.07) is 8.43. The van der Waals surface area contributed by atoms with E-state index in [1.807, 2.05) is 0 Å². The molecule has 106 valence electrons. The molecule has 1 aliphatic heterocycles. The molecule has 0 radical (unpaired) electrons.